The molecule has 0 aromatic heterocycles. The van der Waals surface area contributed by atoms with Crippen LogP contribution in [0.25, 0.3) is 0 Å². The molecule has 0 bridgehead atoms. The van der Waals surface area contributed by atoms with Gasteiger partial charge in [-0.2, -0.15) is 0 Å². The van der Waals surface area contributed by atoms with Crippen LogP contribution in [0.3, 0.4) is 0 Å². The van der Waals surface area contributed by atoms with Crippen molar-refractivity contribution < 1.29 is 0 Å². The van der Waals surface area contributed by atoms with Crippen LogP contribution in [0.4, 0.5) is 0 Å². The zero-order valence-electron chi connectivity index (χ0n) is 10.2. The van der Waals surface area contributed by atoms with Crippen LogP contribution in [0.5, 0.6) is 0 Å². The van der Waals surface area contributed by atoms with Gasteiger partial charge in [0.25, 0.3) is 0 Å². The van der Waals surface area contributed by atoms with Crippen molar-refractivity contribution in [3.05, 3.63) is 12.7 Å². The zero-order valence-corrected chi connectivity index (χ0v) is 10.2. The molecule has 1 nitrogen and oxygen atoms in total. The highest BCUT2D eigenvalue weighted by Crippen LogP contribution is 2.15. The Labute approximate surface area is 90.6 Å². The van der Waals surface area contributed by atoms with E-state index < -0.39 is 0 Å². The summed E-state index contributed by atoms with van der Waals surface area (Å²) < 4.78 is 0. The summed E-state index contributed by atoms with van der Waals surface area (Å²) in [7, 11) is 0. The minimum Gasteiger partial charge on any atom is -0.344 e. The van der Waals surface area contributed by atoms with Crippen LogP contribution in [0.2, 0.25) is 0 Å². The normalized spacial score (nSPS) is 11.9. The fraction of sp³-hybridized carbons (Fsp3) is 0.846. The van der Waals surface area contributed by atoms with Gasteiger partial charge in [0.05, 0.1) is 0 Å². The van der Waals surface area contributed by atoms with E-state index in [0.29, 0.717) is 0 Å². The highest BCUT2D eigenvalue weighted by Gasteiger charge is 1.99. The van der Waals surface area contributed by atoms with Gasteiger partial charge < -0.3 is 6.15 Å². The molecule has 0 aromatic rings. The van der Waals surface area contributed by atoms with Crippen LogP contribution < -0.4 is 6.15 Å². The predicted molar refractivity (Wildman–Crippen MR) is 67.0 cm³/mol. The Morgan fingerprint density at radius 3 is 2.29 bits per heavy atom. The quantitative estimate of drug-likeness (QED) is 0.406. The molecule has 0 radical (unpaired) electrons. The van der Waals surface area contributed by atoms with Gasteiger partial charge in [0, 0.05) is 0 Å². The molecule has 14 heavy (non-hydrogen) atoms. The van der Waals surface area contributed by atoms with Crippen molar-refractivity contribution >= 4 is 0 Å². The lowest BCUT2D eigenvalue weighted by molar-refractivity contribution is 0.454. The maximum Gasteiger partial charge on any atom is -0.0353 e. The van der Waals surface area contributed by atoms with Gasteiger partial charge in [-0.05, 0) is 18.8 Å². The molecule has 1 atom stereocenters. The van der Waals surface area contributed by atoms with E-state index in [2.05, 4.69) is 20.4 Å². The van der Waals surface area contributed by atoms with E-state index >= 15 is 0 Å². The number of unbranched alkanes of at least 4 members (excludes halogenated alkanes) is 4. The molecule has 0 aromatic carbocycles. The van der Waals surface area contributed by atoms with Crippen molar-refractivity contribution in [1.82, 2.24) is 6.15 Å². The SMILES string of the molecule is C=CCCCCCCC(C)CCC.N. The lowest BCUT2D eigenvalue weighted by Crippen LogP contribution is -1.93. The molecule has 0 aliphatic heterocycles. The lowest BCUT2D eigenvalue weighted by Gasteiger charge is -2.08. The van der Waals surface area contributed by atoms with E-state index in [9.17, 15) is 0 Å². The summed E-state index contributed by atoms with van der Waals surface area (Å²) in [5, 5.41) is 0. The number of hydrogen-bond donors (Lipinski definition) is 1. The van der Waals surface area contributed by atoms with Crippen molar-refractivity contribution in [3.8, 4) is 0 Å². The third-order valence-corrected chi connectivity index (χ3v) is 2.64. The van der Waals surface area contributed by atoms with E-state index in [1.807, 2.05) is 6.08 Å². The lowest BCUT2D eigenvalue weighted by atomic mass is 9.98. The molecule has 1 unspecified atom stereocenters. The molecule has 0 saturated heterocycles. The van der Waals surface area contributed by atoms with Gasteiger partial charge in [0.1, 0.15) is 0 Å². The molecular weight excluding hydrogens is 170 g/mol. The van der Waals surface area contributed by atoms with Gasteiger partial charge in [-0.3, -0.25) is 0 Å². The highest BCUT2D eigenvalue weighted by molar-refractivity contribution is 4.65. The molecule has 3 N–H and O–H groups in total. The molecule has 0 rings (SSSR count). The van der Waals surface area contributed by atoms with E-state index in [4.69, 9.17) is 0 Å². The summed E-state index contributed by atoms with van der Waals surface area (Å²) in [5.74, 6) is 0.949. The molecule has 0 fully saturated rings. The van der Waals surface area contributed by atoms with Crippen molar-refractivity contribution in [2.45, 2.75) is 65.2 Å². The topological polar surface area (TPSA) is 35.0 Å². The van der Waals surface area contributed by atoms with Crippen LogP contribution in [-0.2, 0) is 0 Å². The van der Waals surface area contributed by atoms with Crippen molar-refractivity contribution in [2.24, 2.45) is 5.92 Å². The zero-order chi connectivity index (χ0) is 9.94. The number of hydrogen-bond acceptors (Lipinski definition) is 1. The standard InChI is InChI=1S/C13H26.H3N/c1-4-6-7-8-9-10-12-13(3)11-5-2;/h4,13H,1,5-12H2,2-3H3;1H3. The smallest absolute Gasteiger partial charge is 0.0353 e. The molecular formula is C13H29N. The molecule has 1 heteroatoms. The third-order valence-electron chi connectivity index (χ3n) is 2.64. The molecule has 0 saturated carbocycles. The summed E-state index contributed by atoms with van der Waals surface area (Å²) in [6, 6.07) is 0. The van der Waals surface area contributed by atoms with Gasteiger partial charge in [-0.15, -0.1) is 6.58 Å². The highest BCUT2D eigenvalue weighted by atomic mass is 14.0. The summed E-state index contributed by atoms with van der Waals surface area (Å²) in [4.78, 5) is 0. The monoisotopic (exact) mass is 199 g/mol. The summed E-state index contributed by atoms with van der Waals surface area (Å²) in [6.45, 7) is 8.39. The maximum absolute atomic E-state index is 3.73. The molecule has 0 amide bonds. The fourth-order valence-corrected chi connectivity index (χ4v) is 1.77. The van der Waals surface area contributed by atoms with E-state index in [-0.39, 0.29) is 6.15 Å². The van der Waals surface area contributed by atoms with Gasteiger partial charge >= 0.3 is 0 Å². The van der Waals surface area contributed by atoms with E-state index in [1.165, 1.54) is 51.4 Å². The molecule has 0 aliphatic rings. The molecule has 0 aliphatic carbocycles. The van der Waals surface area contributed by atoms with E-state index in [1.54, 1.807) is 0 Å². The van der Waals surface area contributed by atoms with Gasteiger partial charge in [-0.25, -0.2) is 0 Å². The molecule has 0 heterocycles. The largest absolute Gasteiger partial charge is 0.344 e. The first-order chi connectivity index (χ1) is 6.31. The Kier molecular flexibility index (Phi) is 14.6. The van der Waals surface area contributed by atoms with Crippen molar-refractivity contribution in [2.75, 3.05) is 0 Å². The average Bonchev–Trinajstić information content (AvgIpc) is 2.11. The van der Waals surface area contributed by atoms with Crippen LogP contribution in [0.1, 0.15) is 65.2 Å². The Morgan fingerprint density at radius 2 is 1.71 bits per heavy atom. The number of allylic oxidation sites excluding steroid dienone is 1. The second-order valence-corrected chi connectivity index (χ2v) is 4.17. The summed E-state index contributed by atoms with van der Waals surface area (Å²) in [6.07, 6.45) is 13.0. The predicted octanol–water partition coefficient (Wildman–Crippen LogP) is 5.11. The minimum atomic E-state index is 0. The Hall–Kier alpha value is -0.300. The first kappa shape index (κ1) is 16.1. The minimum absolute atomic E-state index is 0. The van der Waals surface area contributed by atoms with Gasteiger partial charge in [0.2, 0.25) is 0 Å². The van der Waals surface area contributed by atoms with Crippen molar-refractivity contribution in [3.63, 3.8) is 0 Å². The fourth-order valence-electron chi connectivity index (χ4n) is 1.77. The first-order valence-electron chi connectivity index (χ1n) is 5.92. The Bertz CT molecular complexity index is 110. The Morgan fingerprint density at radius 1 is 1.07 bits per heavy atom. The van der Waals surface area contributed by atoms with Crippen LogP contribution in [-0.4, -0.2) is 0 Å². The van der Waals surface area contributed by atoms with Crippen LogP contribution in [0.15, 0.2) is 12.7 Å². The van der Waals surface area contributed by atoms with Crippen LogP contribution >= 0.6 is 0 Å². The molecule has 86 valence electrons. The first-order valence-corrected chi connectivity index (χ1v) is 5.92. The van der Waals surface area contributed by atoms with E-state index in [0.717, 1.165) is 5.92 Å². The van der Waals surface area contributed by atoms with Crippen molar-refractivity contribution in [1.29, 1.82) is 0 Å². The van der Waals surface area contributed by atoms with Crippen LogP contribution in [0, 0.1) is 5.92 Å². The second-order valence-electron chi connectivity index (χ2n) is 4.17. The summed E-state index contributed by atoms with van der Waals surface area (Å²) >= 11 is 0. The summed E-state index contributed by atoms with van der Waals surface area (Å²) in [5.41, 5.74) is 0. The maximum atomic E-state index is 3.73. The Balaban J connectivity index is 0. The third kappa shape index (κ3) is 11.7. The van der Waals surface area contributed by atoms with Gasteiger partial charge in [0.15, 0.2) is 0 Å². The second kappa shape index (κ2) is 12.7. The van der Waals surface area contributed by atoms with Gasteiger partial charge in [-0.1, -0.05) is 58.4 Å². The number of rotatable bonds is 9. The average molecular weight is 199 g/mol. The molecule has 0 spiro atoms.